The lowest BCUT2D eigenvalue weighted by atomic mass is 9.92. The van der Waals surface area contributed by atoms with Crippen molar-refractivity contribution in [1.29, 1.82) is 0 Å². The van der Waals surface area contributed by atoms with Crippen LogP contribution in [0.3, 0.4) is 0 Å². The van der Waals surface area contributed by atoms with Crippen LogP contribution in [-0.2, 0) is 4.79 Å². The molecule has 0 unspecified atom stereocenters. The average molecular weight is 337 g/mol. The lowest BCUT2D eigenvalue weighted by molar-refractivity contribution is -0.142. The molecule has 1 aliphatic carbocycles. The van der Waals surface area contributed by atoms with Crippen LogP contribution in [0.2, 0.25) is 0 Å². The minimum absolute atomic E-state index is 0.0613. The summed E-state index contributed by atoms with van der Waals surface area (Å²) in [5, 5.41) is 9.50. The van der Waals surface area contributed by atoms with Crippen LogP contribution in [0.25, 0.3) is 11.3 Å². The number of amides is 1. The van der Waals surface area contributed by atoms with E-state index in [4.69, 9.17) is 0 Å². The smallest absolute Gasteiger partial charge is 0.308 e. The number of nitrogens with zero attached hydrogens (tertiary/aromatic N) is 3. The number of carboxylic acid groups (broad SMARTS) is 1. The normalized spacial score (nSPS) is 22.8. The predicted molar refractivity (Wildman–Crippen MR) is 90.7 cm³/mol. The Morgan fingerprint density at radius 2 is 1.88 bits per heavy atom. The van der Waals surface area contributed by atoms with Crippen molar-refractivity contribution in [2.75, 3.05) is 13.1 Å². The number of rotatable bonds is 4. The summed E-state index contributed by atoms with van der Waals surface area (Å²) in [5.74, 6) is -0.958. The highest BCUT2D eigenvalue weighted by molar-refractivity contribution is 6.00. The van der Waals surface area contributed by atoms with Crippen LogP contribution in [0.15, 0.2) is 42.9 Å². The molecule has 1 aromatic heterocycles. The highest BCUT2D eigenvalue weighted by Gasteiger charge is 2.47. The molecule has 6 nitrogen and oxygen atoms in total. The second-order valence-corrected chi connectivity index (χ2v) is 6.81. The van der Waals surface area contributed by atoms with E-state index in [2.05, 4.69) is 9.97 Å². The van der Waals surface area contributed by atoms with Crippen LogP contribution < -0.4 is 0 Å². The molecule has 0 spiro atoms. The first-order valence-electron chi connectivity index (χ1n) is 8.52. The van der Waals surface area contributed by atoms with Gasteiger partial charge in [-0.2, -0.15) is 0 Å². The fourth-order valence-corrected chi connectivity index (χ4v) is 3.74. The maximum Gasteiger partial charge on any atom is 0.308 e. The van der Waals surface area contributed by atoms with Gasteiger partial charge in [-0.25, -0.2) is 9.97 Å². The van der Waals surface area contributed by atoms with Gasteiger partial charge in [-0.15, -0.1) is 0 Å². The molecule has 128 valence electrons. The van der Waals surface area contributed by atoms with Crippen molar-refractivity contribution in [3.05, 3.63) is 48.4 Å². The Bertz CT molecular complexity index is 805. The summed E-state index contributed by atoms with van der Waals surface area (Å²) >= 11 is 0. The standard InChI is InChI=1S/C19H19N3O3/c23-18(22-9-15(12-6-7-12)16(10-22)19(24)25)14-8-20-11-21-17(14)13-4-2-1-3-5-13/h1-5,8,11-12,15-16H,6-7,9-10H2,(H,24,25)/t15-,16+/m1/s1. The molecular formula is C19H19N3O3. The Kier molecular flexibility index (Phi) is 3.95. The second kappa shape index (κ2) is 6.27. The van der Waals surface area contributed by atoms with E-state index in [9.17, 15) is 14.7 Å². The summed E-state index contributed by atoms with van der Waals surface area (Å²) in [6, 6.07) is 9.49. The van der Waals surface area contributed by atoms with E-state index in [0.717, 1.165) is 18.4 Å². The van der Waals surface area contributed by atoms with Crippen molar-refractivity contribution in [2.24, 2.45) is 17.8 Å². The maximum absolute atomic E-state index is 13.1. The van der Waals surface area contributed by atoms with Crippen LogP contribution in [0.4, 0.5) is 0 Å². The average Bonchev–Trinajstić information content (AvgIpc) is 3.39. The van der Waals surface area contributed by atoms with Gasteiger partial charge in [-0.1, -0.05) is 30.3 Å². The van der Waals surface area contributed by atoms with E-state index in [1.165, 1.54) is 12.5 Å². The molecule has 1 saturated heterocycles. The number of carbonyl (C=O) groups is 2. The van der Waals surface area contributed by atoms with E-state index in [0.29, 0.717) is 23.7 Å². The number of carboxylic acids is 1. The zero-order valence-corrected chi connectivity index (χ0v) is 13.7. The Hall–Kier alpha value is -2.76. The minimum atomic E-state index is -0.806. The van der Waals surface area contributed by atoms with Gasteiger partial charge in [0.05, 0.1) is 17.2 Å². The molecule has 2 atom stereocenters. The van der Waals surface area contributed by atoms with E-state index in [1.807, 2.05) is 30.3 Å². The van der Waals surface area contributed by atoms with Gasteiger partial charge >= 0.3 is 5.97 Å². The Morgan fingerprint density at radius 3 is 2.56 bits per heavy atom. The first-order chi connectivity index (χ1) is 12.1. The Balaban J connectivity index is 1.63. The van der Waals surface area contributed by atoms with E-state index in [1.54, 1.807) is 4.90 Å². The molecule has 2 aromatic rings. The third-order valence-electron chi connectivity index (χ3n) is 5.19. The summed E-state index contributed by atoms with van der Waals surface area (Å²) < 4.78 is 0. The highest BCUT2D eigenvalue weighted by Crippen LogP contribution is 2.44. The molecule has 2 aliphatic rings. The molecule has 0 bridgehead atoms. The van der Waals surface area contributed by atoms with Gasteiger partial charge in [-0.3, -0.25) is 9.59 Å². The summed E-state index contributed by atoms with van der Waals surface area (Å²) in [5.41, 5.74) is 1.86. The van der Waals surface area contributed by atoms with Gasteiger partial charge in [-0.05, 0) is 24.7 Å². The van der Waals surface area contributed by atoms with Gasteiger partial charge in [0, 0.05) is 24.8 Å². The lowest BCUT2D eigenvalue weighted by Gasteiger charge is -2.17. The van der Waals surface area contributed by atoms with Crippen LogP contribution in [0.1, 0.15) is 23.2 Å². The zero-order chi connectivity index (χ0) is 17.4. The quantitative estimate of drug-likeness (QED) is 0.926. The monoisotopic (exact) mass is 337 g/mol. The second-order valence-electron chi connectivity index (χ2n) is 6.81. The molecule has 2 fully saturated rings. The number of carbonyl (C=O) groups excluding carboxylic acids is 1. The van der Waals surface area contributed by atoms with Crippen LogP contribution in [0, 0.1) is 17.8 Å². The number of hydrogen-bond acceptors (Lipinski definition) is 4. The highest BCUT2D eigenvalue weighted by atomic mass is 16.4. The summed E-state index contributed by atoms with van der Waals surface area (Å²) in [4.78, 5) is 34.6. The van der Waals surface area contributed by atoms with E-state index >= 15 is 0 Å². The van der Waals surface area contributed by atoms with Crippen molar-refractivity contribution in [3.8, 4) is 11.3 Å². The molecule has 0 radical (unpaired) electrons. The molecule has 1 amide bonds. The third kappa shape index (κ3) is 2.99. The first kappa shape index (κ1) is 15.7. The lowest BCUT2D eigenvalue weighted by Crippen LogP contribution is -2.30. The molecule has 1 aromatic carbocycles. The largest absolute Gasteiger partial charge is 0.481 e. The number of aliphatic carboxylic acids is 1. The van der Waals surface area contributed by atoms with Crippen molar-refractivity contribution >= 4 is 11.9 Å². The molecule has 2 heterocycles. The van der Waals surface area contributed by atoms with E-state index < -0.39 is 11.9 Å². The molecule has 4 rings (SSSR count). The fraction of sp³-hybridized carbons (Fsp3) is 0.368. The van der Waals surface area contributed by atoms with Crippen LogP contribution >= 0.6 is 0 Å². The molecule has 1 saturated carbocycles. The van der Waals surface area contributed by atoms with Crippen molar-refractivity contribution in [2.45, 2.75) is 12.8 Å². The third-order valence-corrected chi connectivity index (χ3v) is 5.19. The van der Waals surface area contributed by atoms with E-state index in [-0.39, 0.29) is 18.4 Å². The number of aromatic nitrogens is 2. The summed E-state index contributed by atoms with van der Waals surface area (Å²) in [6.07, 6.45) is 5.09. The maximum atomic E-state index is 13.1. The zero-order valence-electron chi connectivity index (χ0n) is 13.7. The molecular weight excluding hydrogens is 318 g/mol. The van der Waals surface area contributed by atoms with Gasteiger partial charge in [0.2, 0.25) is 0 Å². The Labute approximate surface area is 145 Å². The van der Waals surface area contributed by atoms with Crippen LogP contribution in [0.5, 0.6) is 0 Å². The topological polar surface area (TPSA) is 83.4 Å². The Morgan fingerprint density at radius 1 is 1.12 bits per heavy atom. The molecule has 1 aliphatic heterocycles. The van der Waals surface area contributed by atoms with Gasteiger partial charge in [0.25, 0.3) is 5.91 Å². The van der Waals surface area contributed by atoms with Gasteiger partial charge in [0.1, 0.15) is 6.33 Å². The summed E-state index contributed by atoms with van der Waals surface area (Å²) in [6.45, 7) is 0.766. The first-order valence-corrected chi connectivity index (χ1v) is 8.52. The van der Waals surface area contributed by atoms with Crippen molar-refractivity contribution in [3.63, 3.8) is 0 Å². The van der Waals surface area contributed by atoms with Crippen molar-refractivity contribution in [1.82, 2.24) is 14.9 Å². The number of hydrogen-bond donors (Lipinski definition) is 1. The van der Waals surface area contributed by atoms with Crippen LogP contribution in [-0.4, -0.2) is 44.9 Å². The molecule has 6 heteroatoms. The fourth-order valence-electron chi connectivity index (χ4n) is 3.74. The number of likely N-dealkylation sites (tertiary alicyclic amines) is 1. The molecule has 1 N–H and O–H groups in total. The SMILES string of the molecule is O=C(O)[C@H]1CN(C(=O)c2cncnc2-c2ccccc2)C[C@@H]1C1CC1. The van der Waals surface area contributed by atoms with Crippen molar-refractivity contribution < 1.29 is 14.7 Å². The predicted octanol–water partition coefficient (Wildman–Crippen LogP) is 2.33. The number of benzene rings is 1. The molecule has 25 heavy (non-hydrogen) atoms. The van der Waals surface area contributed by atoms with Gasteiger partial charge < -0.3 is 10.0 Å². The summed E-state index contributed by atoms with van der Waals surface area (Å²) in [7, 11) is 0. The van der Waals surface area contributed by atoms with Gasteiger partial charge in [0.15, 0.2) is 0 Å². The minimum Gasteiger partial charge on any atom is -0.481 e.